The van der Waals surface area contributed by atoms with E-state index in [1.807, 2.05) is 5.01 Å². The van der Waals surface area contributed by atoms with Crippen molar-refractivity contribution in [2.24, 2.45) is 5.10 Å². The Hall–Kier alpha value is -1.14. The molecule has 0 aromatic rings. The summed E-state index contributed by atoms with van der Waals surface area (Å²) in [6.07, 6.45) is 3.50. The van der Waals surface area contributed by atoms with Gasteiger partial charge >= 0.3 is 5.97 Å². The van der Waals surface area contributed by atoms with Crippen LogP contribution in [0.2, 0.25) is 0 Å². The molecule has 1 fully saturated rings. The van der Waals surface area contributed by atoms with Gasteiger partial charge in [0.15, 0.2) is 0 Å². The lowest BCUT2D eigenvalue weighted by Gasteiger charge is -2.21. The third kappa shape index (κ3) is 5.46. The van der Waals surface area contributed by atoms with Gasteiger partial charge in [0.2, 0.25) is 0 Å². The Morgan fingerprint density at radius 2 is 2.39 bits per heavy atom. The molecule has 6 nitrogen and oxygen atoms in total. The lowest BCUT2D eigenvalue weighted by molar-refractivity contribution is -0.142. The van der Waals surface area contributed by atoms with Crippen molar-refractivity contribution in [1.29, 1.82) is 0 Å². The van der Waals surface area contributed by atoms with Crippen LogP contribution in [0.4, 0.5) is 0 Å². The molecule has 6 heteroatoms. The van der Waals surface area contributed by atoms with Crippen LogP contribution in [-0.2, 0) is 19.0 Å². The van der Waals surface area contributed by atoms with Gasteiger partial charge in [0.05, 0.1) is 18.9 Å². The second kappa shape index (κ2) is 8.05. The second-order valence-electron chi connectivity index (χ2n) is 4.32. The van der Waals surface area contributed by atoms with Crippen LogP contribution in [0.5, 0.6) is 0 Å². The maximum absolute atomic E-state index is 10.8. The number of esters is 1. The minimum absolute atomic E-state index is 0.279. The van der Waals surface area contributed by atoms with Gasteiger partial charge in [-0.05, 0) is 19.8 Å². The molecule has 1 aliphatic heterocycles. The summed E-state index contributed by atoms with van der Waals surface area (Å²) in [6, 6.07) is 0.279. The third-order valence-corrected chi connectivity index (χ3v) is 2.63. The highest BCUT2D eigenvalue weighted by Crippen LogP contribution is 2.17. The molecule has 0 spiro atoms. The lowest BCUT2D eigenvalue weighted by atomic mass is 10.2. The van der Waals surface area contributed by atoms with Crippen LogP contribution in [-0.4, -0.2) is 56.4 Å². The second-order valence-corrected chi connectivity index (χ2v) is 4.32. The molecule has 1 aliphatic rings. The molecular weight excluding hydrogens is 236 g/mol. The molecule has 0 bridgehead atoms. The first-order valence-corrected chi connectivity index (χ1v) is 6.18. The van der Waals surface area contributed by atoms with Crippen molar-refractivity contribution in [2.75, 3.05) is 27.1 Å². The van der Waals surface area contributed by atoms with Crippen molar-refractivity contribution in [2.45, 2.75) is 38.8 Å². The van der Waals surface area contributed by atoms with E-state index >= 15 is 0 Å². The fourth-order valence-electron chi connectivity index (χ4n) is 1.88. The normalized spacial score (nSPS) is 21.5. The van der Waals surface area contributed by atoms with Gasteiger partial charge in [0.25, 0.3) is 0 Å². The molecule has 0 radical (unpaired) electrons. The number of methoxy groups -OCH3 is 1. The molecule has 1 unspecified atom stereocenters. The average Bonchev–Trinajstić information content (AvgIpc) is 2.73. The highest BCUT2D eigenvalue weighted by molar-refractivity contribution is 5.71. The molecule has 0 aromatic heterocycles. The quantitative estimate of drug-likeness (QED) is 0.295. The molecule has 1 rings (SSSR count). The van der Waals surface area contributed by atoms with Gasteiger partial charge in [-0.1, -0.05) is 0 Å². The smallest absolute Gasteiger partial charge is 0.303 e. The summed E-state index contributed by atoms with van der Waals surface area (Å²) in [7, 11) is 1.60. The maximum Gasteiger partial charge on any atom is 0.303 e. The molecule has 0 saturated carbocycles. The Bertz CT molecular complexity index is 283. The number of ether oxygens (including phenoxy) is 3. The van der Waals surface area contributed by atoms with Crippen LogP contribution in [0.1, 0.15) is 26.7 Å². The molecule has 1 heterocycles. The van der Waals surface area contributed by atoms with Crippen molar-refractivity contribution in [3.63, 3.8) is 0 Å². The van der Waals surface area contributed by atoms with E-state index in [9.17, 15) is 4.79 Å². The highest BCUT2D eigenvalue weighted by atomic mass is 16.7. The monoisotopic (exact) mass is 258 g/mol. The number of carbonyl (C=O) groups excluding carboxylic acids is 1. The number of carbonyl (C=O) groups is 1. The predicted molar refractivity (Wildman–Crippen MR) is 67.3 cm³/mol. The van der Waals surface area contributed by atoms with E-state index in [-0.39, 0.29) is 18.1 Å². The molecular formula is C12H22N2O4. The largest absolute Gasteiger partial charge is 0.457 e. The zero-order valence-electron chi connectivity index (χ0n) is 11.3. The van der Waals surface area contributed by atoms with E-state index in [0.29, 0.717) is 13.4 Å². The van der Waals surface area contributed by atoms with Gasteiger partial charge < -0.3 is 14.2 Å². The third-order valence-electron chi connectivity index (χ3n) is 2.63. The SMILES string of the molecule is COCOC[C@@H]1CCCN1/N=C/C(C)OC(C)=O. The van der Waals surface area contributed by atoms with E-state index < -0.39 is 0 Å². The number of nitrogens with zero attached hydrogens (tertiary/aromatic N) is 2. The Morgan fingerprint density at radius 1 is 1.61 bits per heavy atom. The minimum atomic E-state index is -0.302. The van der Waals surface area contributed by atoms with Gasteiger partial charge in [-0.15, -0.1) is 0 Å². The van der Waals surface area contributed by atoms with Crippen LogP contribution >= 0.6 is 0 Å². The van der Waals surface area contributed by atoms with E-state index in [1.54, 1.807) is 20.2 Å². The topological polar surface area (TPSA) is 60.4 Å². The number of rotatable bonds is 7. The zero-order chi connectivity index (χ0) is 13.4. The zero-order valence-corrected chi connectivity index (χ0v) is 11.3. The van der Waals surface area contributed by atoms with Crippen molar-refractivity contribution in [3.8, 4) is 0 Å². The Morgan fingerprint density at radius 3 is 3.06 bits per heavy atom. The van der Waals surface area contributed by atoms with Crippen molar-refractivity contribution >= 4 is 12.2 Å². The van der Waals surface area contributed by atoms with Crippen molar-refractivity contribution < 1.29 is 19.0 Å². The molecule has 0 aliphatic carbocycles. The maximum atomic E-state index is 10.8. The number of hydrogen-bond donors (Lipinski definition) is 0. The van der Waals surface area contributed by atoms with Crippen LogP contribution in [0.15, 0.2) is 5.10 Å². The molecule has 1 saturated heterocycles. The first kappa shape index (κ1) is 14.9. The molecule has 0 N–H and O–H groups in total. The fourth-order valence-corrected chi connectivity index (χ4v) is 1.88. The van der Waals surface area contributed by atoms with Gasteiger partial charge in [0, 0.05) is 20.6 Å². The van der Waals surface area contributed by atoms with E-state index in [2.05, 4.69) is 5.10 Å². The molecule has 0 aromatic carbocycles. The van der Waals surface area contributed by atoms with Gasteiger partial charge in [-0.2, -0.15) is 5.10 Å². The number of hydrogen-bond acceptors (Lipinski definition) is 6. The Balaban J connectivity index is 2.34. The predicted octanol–water partition coefficient (Wildman–Crippen LogP) is 1.01. The summed E-state index contributed by atoms with van der Waals surface area (Å²) >= 11 is 0. The molecule has 2 atom stereocenters. The minimum Gasteiger partial charge on any atom is -0.457 e. The molecule has 0 amide bonds. The summed E-state index contributed by atoms with van der Waals surface area (Å²) in [5.41, 5.74) is 0. The Labute approximate surface area is 108 Å². The highest BCUT2D eigenvalue weighted by Gasteiger charge is 2.23. The number of hydrazone groups is 1. The van der Waals surface area contributed by atoms with Gasteiger partial charge in [-0.25, -0.2) is 0 Å². The lowest BCUT2D eigenvalue weighted by Crippen LogP contribution is -2.30. The van der Waals surface area contributed by atoms with Crippen LogP contribution in [0, 0.1) is 0 Å². The standard InChI is InChI=1S/C12H22N2O4/c1-10(18-11(2)15)7-13-14-6-4-5-12(14)8-17-9-16-3/h7,10,12H,4-6,8-9H2,1-3H3/b13-7+/t10?,12-/m0/s1. The van der Waals surface area contributed by atoms with Crippen LogP contribution < -0.4 is 0 Å². The van der Waals surface area contributed by atoms with Crippen LogP contribution in [0.25, 0.3) is 0 Å². The first-order chi connectivity index (χ1) is 8.63. The fraction of sp³-hybridized carbons (Fsp3) is 0.833. The summed E-state index contributed by atoms with van der Waals surface area (Å²) in [5.74, 6) is -0.296. The van der Waals surface area contributed by atoms with Gasteiger partial charge in [-0.3, -0.25) is 9.80 Å². The van der Waals surface area contributed by atoms with E-state index in [4.69, 9.17) is 14.2 Å². The van der Waals surface area contributed by atoms with Crippen molar-refractivity contribution in [3.05, 3.63) is 0 Å². The van der Waals surface area contributed by atoms with E-state index in [1.165, 1.54) is 6.92 Å². The van der Waals surface area contributed by atoms with E-state index in [0.717, 1.165) is 19.4 Å². The van der Waals surface area contributed by atoms with Crippen molar-refractivity contribution in [1.82, 2.24) is 5.01 Å². The molecule has 18 heavy (non-hydrogen) atoms. The van der Waals surface area contributed by atoms with Crippen LogP contribution in [0.3, 0.4) is 0 Å². The summed E-state index contributed by atoms with van der Waals surface area (Å²) in [6.45, 7) is 4.99. The first-order valence-electron chi connectivity index (χ1n) is 6.18. The summed E-state index contributed by atoms with van der Waals surface area (Å²) in [4.78, 5) is 10.8. The van der Waals surface area contributed by atoms with Gasteiger partial charge in [0.1, 0.15) is 12.9 Å². The average molecular weight is 258 g/mol. The summed E-state index contributed by atoms with van der Waals surface area (Å²) < 4.78 is 15.2. The Kier molecular flexibility index (Phi) is 6.67. The molecule has 104 valence electrons. The summed E-state index contributed by atoms with van der Waals surface area (Å²) in [5, 5.41) is 6.33.